The molecule has 5 nitrogen and oxygen atoms in total. The molecule has 5 heteroatoms. The van der Waals surface area contributed by atoms with Crippen LogP contribution in [-0.2, 0) is 9.47 Å². The van der Waals surface area contributed by atoms with Crippen LogP contribution in [0, 0.1) is 0 Å². The number of ether oxygens (including phenoxy) is 2. The van der Waals surface area contributed by atoms with E-state index in [-0.39, 0.29) is 13.2 Å². The SMILES string of the molecule is CCCCC/C=C/CO[C@@H](CO)[C@H]1OC[C@@H](O)[C@H]1O. The molecule has 1 heterocycles. The Labute approximate surface area is 114 Å². The molecule has 0 unspecified atom stereocenters. The van der Waals surface area contributed by atoms with E-state index in [1.807, 2.05) is 6.08 Å². The summed E-state index contributed by atoms with van der Waals surface area (Å²) in [4.78, 5) is 0. The third-order valence-corrected chi connectivity index (χ3v) is 3.28. The third kappa shape index (κ3) is 5.58. The first-order chi connectivity index (χ1) is 9.20. The Morgan fingerprint density at radius 2 is 2.11 bits per heavy atom. The third-order valence-electron chi connectivity index (χ3n) is 3.28. The molecule has 1 aliphatic rings. The van der Waals surface area contributed by atoms with Crippen LogP contribution in [0.15, 0.2) is 12.2 Å². The zero-order valence-corrected chi connectivity index (χ0v) is 11.6. The van der Waals surface area contributed by atoms with Crippen LogP contribution in [0.25, 0.3) is 0 Å². The molecule has 19 heavy (non-hydrogen) atoms. The number of rotatable bonds is 9. The molecule has 0 aromatic carbocycles. The van der Waals surface area contributed by atoms with Gasteiger partial charge in [0, 0.05) is 0 Å². The minimum atomic E-state index is -0.995. The summed E-state index contributed by atoms with van der Waals surface area (Å²) in [6.07, 6.45) is 5.45. The summed E-state index contributed by atoms with van der Waals surface area (Å²) in [7, 11) is 0. The van der Waals surface area contributed by atoms with E-state index >= 15 is 0 Å². The van der Waals surface area contributed by atoms with Crippen molar-refractivity contribution in [3.63, 3.8) is 0 Å². The molecule has 4 atom stereocenters. The Kier molecular flexibility index (Phi) is 8.25. The molecular formula is C14H26O5. The van der Waals surface area contributed by atoms with Gasteiger partial charge < -0.3 is 24.8 Å². The largest absolute Gasteiger partial charge is 0.394 e. The number of allylic oxidation sites excluding steroid dienone is 1. The van der Waals surface area contributed by atoms with Gasteiger partial charge in [-0.25, -0.2) is 0 Å². The van der Waals surface area contributed by atoms with E-state index in [2.05, 4.69) is 13.0 Å². The number of aliphatic hydroxyl groups is 3. The molecule has 1 fully saturated rings. The minimum absolute atomic E-state index is 0.0819. The molecule has 0 radical (unpaired) electrons. The average molecular weight is 274 g/mol. The lowest BCUT2D eigenvalue weighted by atomic mass is 10.1. The van der Waals surface area contributed by atoms with E-state index in [4.69, 9.17) is 9.47 Å². The van der Waals surface area contributed by atoms with Gasteiger partial charge in [-0.1, -0.05) is 31.9 Å². The Morgan fingerprint density at radius 3 is 2.68 bits per heavy atom. The Hall–Kier alpha value is -0.460. The van der Waals surface area contributed by atoms with Gasteiger partial charge in [-0.2, -0.15) is 0 Å². The summed E-state index contributed by atoms with van der Waals surface area (Å²) >= 11 is 0. The van der Waals surface area contributed by atoms with E-state index in [1.165, 1.54) is 19.3 Å². The lowest BCUT2D eigenvalue weighted by Gasteiger charge is -2.23. The predicted octanol–water partition coefficient (Wildman–Crippen LogP) is 0.621. The first-order valence-electron chi connectivity index (χ1n) is 7.05. The van der Waals surface area contributed by atoms with Gasteiger partial charge in [0.05, 0.1) is 19.8 Å². The van der Waals surface area contributed by atoms with E-state index < -0.39 is 24.4 Å². The van der Waals surface area contributed by atoms with Crippen LogP contribution < -0.4 is 0 Å². The molecule has 0 aromatic rings. The summed E-state index contributed by atoms with van der Waals surface area (Å²) in [5, 5.41) is 28.3. The second-order valence-corrected chi connectivity index (χ2v) is 4.88. The fraction of sp³-hybridized carbons (Fsp3) is 0.857. The summed E-state index contributed by atoms with van der Waals surface area (Å²) in [6.45, 7) is 2.39. The highest BCUT2D eigenvalue weighted by Crippen LogP contribution is 2.19. The molecule has 3 N–H and O–H groups in total. The maximum atomic E-state index is 9.67. The predicted molar refractivity (Wildman–Crippen MR) is 71.9 cm³/mol. The first kappa shape index (κ1) is 16.6. The topological polar surface area (TPSA) is 79.2 Å². The van der Waals surface area contributed by atoms with Crippen LogP contribution in [0.2, 0.25) is 0 Å². The minimum Gasteiger partial charge on any atom is -0.394 e. The molecule has 0 amide bonds. The molecule has 1 rings (SSSR count). The Bertz CT molecular complexity index is 256. The smallest absolute Gasteiger partial charge is 0.114 e. The standard InChI is InChI=1S/C14H26O5/c1-2-3-4-5-6-7-8-18-12(9-15)14-13(17)11(16)10-19-14/h6-7,11-17H,2-5,8-10H2,1H3/b7-6+/t11-,12+,13-,14-/m1/s1. The van der Waals surface area contributed by atoms with Crippen molar-refractivity contribution in [3.05, 3.63) is 12.2 Å². The Morgan fingerprint density at radius 1 is 1.32 bits per heavy atom. The van der Waals surface area contributed by atoms with Crippen LogP contribution >= 0.6 is 0 Å². The van der Waals surface area contributed by atoms with Crippen molar-refractivity contribution in [2.75, 3.05) is 19.8 Å². The van der Waals surface area contributed by atoms with Crippen molar-refractivity contribution in [2.24, 2.45) is 0 Å². The Balaban J connectivity index is 2.22. The van der Waals surface area contributed by atoms with Crippen molar-refractivity contribution in [3.8, 4) is 0 Å². The summed E-state index contributed by atoms with van der Waals surface area (Å²) in [5.74, 6) is 0. The second-order valence-electron chi connectivity index (χ2n) is 4.88. The van der Waals surface area contributed by atoms with Crippen molar-refractivity contribution in [1.29, 1.82) is 0 Å². The fourth-order valence-corrected chi connectivity index (χ4v) is 2.08. The number of hydrogen-bond acceptors (Lipinski definition) is 5. The number of aliphatic hydroxyl groups excluding tert-OH is 3. The molecule has 1 aliphatic heterocycles. The highest BCUT2D eigenvalue weighted by atomic mass is 16.6. The van der Waals surface area contributed by atoms with E-state index in [9.17, 15) is 15.3 Å². The van der Waals surface area contributed by atoms with E-state index in [0.29, 0.717) is 6.61 Å². The van der Waals surface area contributed by atoms with Gasteiger partial charge in [0.15, 0.2) is 0 Å². The van der Waals surface area contributed by atoms with Crippen LogP contribution in [0.1, 0.15) is 32.6 Å². The quantitative estimate of drug-likeness (QED) is 0.424. The maximum absolute atomic E-state index is 9.67. The van der Waals surface area contributed by atoms with Gasteiger partial charge in [-0.05, 0) is 12.8 Å². The maximum Gasteiger partial charge on any atom is 0.114 e. The van der Waals surface area contributed by atoms with Crippen LogP contribution in [0.4, 0.5) is 0 Å². The average Bonchev–Trinajstić information content (AvgIpc) is 2.74. The zero-order chi connectivity index (χ0) is 14.1. The van der Waals surface area contributed by atoms with Gasteiger partial charge in [0.2, 0.25) is 0 Å². The van der Waals surface area contributed by atoms with E-state index in [0.717, 1.165) is 6.42 Å². The molecule has 0 saturated carbocycles. The molecule has 1 saturated heterocycles. The number of hydrogen-bond donors (Lipinski definition) is 3. The normalized spacial score (nSPS) is 29.2. The summed E-state index contributed by atoms with van der Waals surface area (Å²) < 4.78 is 10.7. The molecule has 0 aromatic heterocycles. The second kappa shape index (κ2) is 9.44. The van der Waals surface area contributed by atoms with Crippen molar-refractivity contribution in [1.82, 2.24) is 0 Å². The van der Waals surface area contributed by atoms with Crippen molar-refractivity contribution >= 4 is 0 Å². The van der Waals surface area contributed by atoms with Gasteiger partial charge in [-0.3, -0.25) is 0 Å². The molecular weight excluding hydrogens is 248 g/mol. The van der Waals surface area contributed by atoms with E-state index in [1.54, 1.807) is 0 Å². The molecule has 0 bridgehead atoms. The lowest BCUT2D eigenvalue weighted by Crippen LogP contribution is -2.42. The first-order valence-corrected chi connectivity index (χ1v) is 7.05. The van der Waals surface area contributed by atoms with Crippen LogP contribution in [0.3, 0.4) is 0 Å². The van der Waals surface area contributed by atoms with Gasteiger partial charge in [0.1, 0.15) is 24.4 Å². The lowest BCUT2D eigenvalue weighted by molar-refractivity contribution is -0.0942. The summed E-state index contributed by atoms with van der Waals surface area (Å²) in [5.41, 5.74) is 0. The van der Waals surface area contributed by atoms with Gasteiger partial charge >= 0.3 is 0 Å². The summed E-state index contributed by atoms with van der Waals surface area (Å²) in [6, 6.07) is 0. The van der Waals surface area contributed by atoms with Crippen LogP contribution in [0.5, 0.6) is 0 Å². The number of unbranched alkanes of at least 4 members (excludes halogenated alkanes) is 3. The van der Waals surface area contributed by atoms with Crippen molar-refractivity contribution < 1.29 is 24.8 Å². The van der Waals surface area contributed by atoms with Gasteiger partial charge in [0.25, 0.3) is 0 Å². The highest BCUT2D eigenvalue weighted by molar-refractivity contribution is 4.89. The fourth-order valence-electron chi connectivity index (χ4n) is 2.08. The molecule has 0 spiro atoms. The van der Waals surface area contributed by atoms with Gasteiger partial charge in [-0.15, -0.1) is 0 Å². The molecule has 0 aliphatic carbocycles. The zero-order valence-electron chi connectivity index (χ0n) is 11.6. The highest BCUT2D eigenvalue weighted by Gasteiger charge is 2.40. The molecule has 112 valence electrons. The van der Waals surface area contributed by atoms with Crippen LogP contribution in [-0.4, -0.2) is 59.6 Å². The van der Waals surface area contributed by atoms with Crippen molar-refractivity contribution in [2.45, 2.75) is 57.0 Å². The monoisotopic (exact) mass is 274 g/mol.